The predicted molar refractivity (Wildman–Crippen MR) is 66.3 cm³/mol. The fourth-order valence-corrected chi connectivity index (χ4v) is 1.51. The molecule has 90 valence electrons. The van der Waals surface area contributed by atoms with Gasteiger partial charge in [0.2, 0.25) is 0 Å². The van der Waals surface area contributed by atoms with Crippen LogP contribution in [-0.4, -0.2) is 24.2 Å². The van der Waals surface area contributed by atoms with Crippen LogP contribution in [0.3, 0.4) is 0 Å². The third-order valence-electron chi connectivity index (χ3n) is 2.52. The van der Waals surface area contributed by atoms with Gasteiger partial charge in [-0.25, -0.2) is 0 Å². The summed E-state index contributed by atoms with van der Waals surface area (Å²) in [6, 6.07) is 4.21. The fraction of sp³-hybridized carbons (Fsp3) is 0.615. The number of hydrogen-bond acceptors (Lipinski definition) is 3. The summed E-state index contributed by atoms with van der Waals surface area (Å²) in [7, 11) is 0. The van der Waals surface area contributed by atoms with E-state index in [9.17, 15) is 0 Å². The third kappa shape index (κ3) is 5.83. The quantitative estimate of drug-likeness (QED) is 0.686. The Bertz CT molecular complexity index is 264. The van der Waals surface area contributed by atoms with Crippen LogP contribution in [0.15, 0.2) is 24.5 Å². The van der Waals surface area contributed by atoms with Gasteiger partial charge in [-0.2, -0.15) is 0 Å². The van der Waals surface area contributed by atoms with Gasteiger partial charge in [0.1, 0.15) is 0 Å². The number of nitrogens with zero attached hydrogens (tertiary/aromatic N) is 1. The Kier molecular flexibility index (Phi) is 6.77. The first-order valence-corrected chi connectivity index (χ1v) is 6.05. The average molecular weight is 222 g/mol. The Balaban J connectivity index is 2.09. The Labute approximate surface area is 98.0 Å². The molecular weight excluding hydrogens is 200 g/mol. The highest BCUT2D eigenvalue weighted by Gasteiger charge is 2.03. The summed E-state index contributed by atoms with van der Waals surface area (Å²) in [6.45, 7) is 3.79. The molecule has 0 aliphatic carbocycles. The van der Waals surface area contributed by atoms with E-state index in [0.29, 0.717) is 0 Å². The Hall–Kier alpha value is -0.930. The van der Waals surface area contributed by atoms with Crippen LogP contribution in [0.25, 0.3) is 0 Å². The number of rotatable bonds is 8. The van der Waals surface area contributed by atoms with Crippen LogP contribution in [0.4, 0.5) is 0 Å². The normalized spacial score (nSPS) is 12.6. The first-order valence-electron chi connectivity index (χ1n) is 6.05. The molecule has 0 aromatic carbocycles. The van der Waals surface area contributed by atoms with E-state index in [0.717, 1.165) is 32.5 Å². The maximum atomic E-state index is 6.02. The Morgan fingerprint density at radius 2 is 2.06 bits per heavy atom. The molecule has 2 N–H and O–H groups in total. The highest BCUT2D eigenvalue weighted by molar-refractivity contribution is 5.10. The van der Waals surface area contributed by atoms with E-state index in [-0.39, 0.29) is 6.04 Å². The first-order chi connectivity index (χ1) is 7.83. The second-order valence-electron chi connectivity index (χ2n) is 4.07. The molecule has 3 nitrogen and oxygen atoms in total. The molecule has 16 heavy (non-hydrogen) atoms. The van der Waals surface area contributed by atoms with Gasteiger partial charge in [0.05, 0.1) is 0 Å². The van der Waals surface area contributed by atoms with Gasteiger partial charge in [0, 0.05) is 31.6 Å². The van der Waals surface area contributed by atoms with E-state index < -0.39 is 0 Å². The first kappa shape index (κ1) is 13.1. The van der Waals surface area contributed by atoms with Gasteiger partial charge in [0.25, 0.3) is 0 Å². The Morgan fingerprint density at radius 3 is 2.75 bits per heavy atom. The minimum absolute atomic E-state index is 0.184. The van der Waals surface area contributed by atoms with Crippen molar-refractivity contribution in [3.8, 4) is 0 Å². The monoisotopic (exact) mass is 222 g/mol. The molecule has 0 saturated carbocycles. The van der Waals surface area contributed by atoms with Crippen LogP contribution in [-0.2, 0) is 11.2 Å². The van der Waals surface area contributed by atoms with Crippen molar-refractivity contribution in [3.63, 3.8) is 0 Å². The lowest BCUT2D eigenvalue weighted by Crippen LogP contribution is -2.24. The highest BCUT2D eigenvalue weighted by Crippen LogP contribution is 2.03. The molecular formula is C13H22N2O. The maximum Gasteiger partial charge on any atom is 0.0480 e. The SMILES string of the molecule is CCCCOCCC(N)Cc1ccncc1. The summed E-state index contributed by atoms with van der Waals surface area (Å²) in [4.78, 5) is 3.98. The average Bonchev–Trinajstić information content (AvgIpc) is 2.30. The van der Waals surface area contributed by atoms with E-state index in [1.165, 1.54) is 12.0 Å². The number of unbranched alkanes of at least 4 members (excludes halogenated alkanes) is 1. The van der Waals surface area contributed by atoms with Gasteiger partial charge in [-0.1, -0.05) is 13.3 Å². The number of pyridine rings is 1. The fourth-order valence-electron chi connectivity index (χ4n) is 1.51. The van der Waals surface area contributed by atoms with Crippen molar-refractivity contribution in [2.24, 2.45) is 5.73 Å². The number of aromatic nitrogens is 1. The summed E-state index contributed by atoms with van der Waals surface area (Å²) < 4.78 is 5.49. The van der Waals surface area contributed by atoms with E-state index in [1.807, 2.05) is 12.1 Å². The summed E-state index contributed by atoms with van der Waals surface area (Å²) >= 11 is 0. The van der Waals surface area contributed by atoms with E-state index >= 15 is 0 Å². The summed E-state index contributed by atoms with van der Waals surface area (Å²) in [6.07, 6.45) is 7.76. The van der Waals surface area contributed by atoms with Crippen molar-refractivity contribution < 1.29 is 4.74 Å². The zero-order valence-electron chi connectivity index (χ0n) is 10.1. The van der Waals surface area contributed by atoms with Crippen LogP contribution in [0, 0.1) is 0 Å². The van der Waals surface area contributed by atoms with E-state index in [1.54, 1.807) is 12.4 Å². The maximum absolute atomic E-state index is 6.02. The van der Waals surface area contributed by atoms with Crippen LogP contribution >= 0.6 is 0 Å². The van der Waals surface area contributed by atoms with Gasteiger partial charge in [-0.3, -0.25) is 4.98 Å². The van der Waals surface area contributed by atoms with Crippen molar-refractivity contribution in [1.29, 1.82) is 0 Å². The lowest BCUT2D eigenvalue weighted by molar-refractivity contribution is 0.124. The Morgan fingerprint density at radius 1 is 1.31 bits per heavy atom. The molecule has 1 heterocycles. The minimum Gasteiger partial charge on any atom is -0.381 e. The number of hydrogen-bond donors (Lipinski definition) is 1. The van der Waals surface area contributed by atoms with Gasteiger partial charge in [-0.05, 0) is 37.0 Å². The topological polar surface area (TPSA) is 48.1 Å². The van der Waals surface area contributed by atoms with Crippen LogP contribution in [0.1, 0.15) is 31.7 Å². The van der Waals surface area contributed by atoms with Crippen molar-refractivity contribution in [1.82, 2.24) is 4.98 Å². The molecule has 1 aromatic heterocycles. The smallest absolute Gasteiger partial charge is 0.0480 e. The highest BCUT2D eigenvalue weighted by atomic mass is 16.5. The molecule has 1 unspecified atom stereocenters. The second-order valence-corrected chi connectivity index (χ2v) is 4.07. The van der Waals surface area contributed by atoms with Crippen LogP contribution in [0.5, 0.6) is 0 Å². The molecule has 0 saturated heterocycles. The van der Waals surface area contributed by atoms with E-state index in [4.69, 9.17) is 10.5 Å². The van der Waals surface area contributed by atoms with Gasteiger partial charge < -0.3 is 10.5 Å². The molecule has 0 fully saturated rings. The molecule has 0 bridgehead atoms. The number of nitrogens with two attached hydrogens (primary N) is 1. The molecule has 1 rings (SSSR count). The molecule has 0 aliphatic rings. The summed E-state index contributed by atoms with van der Waals surface area (Å²) in [5.41, 5.74) is 7.27. The minimum atomic E-state index is 0.184. The second kappa shape index (κ2) is 8.25. The van der Waals surface area contributed by atoms with Crippen molar-refractivity contribution >= 4 is 0 Å². The standard InChI is InChI=1S/C13H22N2O/c1-2-3-9-16-10-6-13(14)11-12-4-7-15-8-5-12/h4-5,7-8,13H,2-3,6,9-11,14H2,1H3. The zero-order chi connectivity index (χ0) is 11.6. The molecule has 0 amide bonds. The van der Waals surface area contributed by atoms with Gasteiger partial charge in [0.15, 0.2) is 0 Å². The largest absolute Gasteiger partial charge is 0.381 e. The molecule has 0 aliphatic heterocycles. The lowest BCUT2D eigenvalue weighted by atomic mass is 10.1. The third-order valence-corrected chi connectivity index (χ3v) is 2.52. The lowest BCUT2D eigenvalue weighted by Gasteiger charge is -2.11. The van der Waals surface area contributed by atoms with Crippen LogP contribution < -0.4 is 5.73 Å². The summed E-state index contributed by atoms with van der Waals surface area (Å²) in [5, 5.41) is 0. The number of ether oxygens (including phenoxy) is 1. The van der Waals surface area contributed by atoms with Gasteiger partial charge >= 0.3 is 0 Å². The van der Waals surface area contributed by atoms with Crippen molar-refractivity contribution in [2.45, 2.75) is 38.6 Å². The van der Waals surface area contributed by atoms with Gasteiger partial charge in [-0.15, -0.1) is 0 Å². The van der Waals surface area contributed by atoms with Crippen molar-refractivity contribution in [3.05, 3.63) is 30.1 Å². The summed E-state index contributed by atoms with van der Waals surface area (Å²) in [5.74, 6) is 0. The molecule has 1 aromatic rings. The predicted octanol–water partition coefficient (Wildman–Crippen LogP) is 2.16. The molecule has 0 radical (unpaired) electrons. The zero-order valence-corrected chi connectivity index (χ0v) is 10.1. The molecule has 0 spiro atoms. The van der Waals surface area contributed by atoms with Crippen molar-refractivity contribution in [2.75, 3.05) is 13.2 Å². The van der Waals surface area contributed by atoms with Crippen LogP contribution in [0.2, 0.25) is 0 Å². The molecule has 3 heteroatoms. The van der Waals surface area contributed by atoms with E-state index in [2.05, 4.69) is 11.9 Å². The molecule has 1 atom stereocenters.